The Morgan fingerprint density at radius 1 is 1.10 bits per heavy atom. The third-order valence-corrected chi connectivity index (χ3v) is 3.13. The van der Waals surface area contributed by atoms with Crippen molar-refractivity contribution < 1.29 is 13.5 Å². The summed E-state index contributed by atoms with van der Waals surface area (Å²) in [5.74, 6) is -0.334. The van der Waals surface area contributed by atoms with E-state index in [1.165, 1.54) is 12.1 Å². The molecule has 2 aromatic rings. The maximum atomic E-state index is 13.1. The summed E-state index contributed by atoms with van der Waals surface area (Å²) in [5, 5.41) is 3.23. The molecule has 20 heavy (non-hydrogen) atoms. The minimum Gasteiger partial charge on any atom is -0.497 e. The van der Waals surface area contributed by atoms with Crippen molar-refractivity contribution in [2.75, 3.05) is 7.11 Å². The van der Waals surface area contributed by atoms with E-state index in [1.807, 2.05) is 31.2 Å². The van der Waals surface area contributed by atoms with Gasteiger partial charge >= 0.3 is 0 Å². The topological polar surface area (TPSA) is 21.3 Å². The van der Waals surface area contributed by atoms with Crippen molar-refractivity contribution >= 4 is 0 Å². The monoisotopic (exact) mass is 277 g/mol. The van der Waals surface area contributed by atoms with Crippen molar-refractivity contribution in [3.8, 4) is 5.75 Å². The summed E-state index contributed by atoms with van der Waals surface area (Å²) in [6.07, 6.45) is 0. The zero-order chi connectivity index (χ0) is 14.5. The first-order valence-electron chi connectivity index (χ1n) is 6.41. The average Bonchev–Trinajstić information content (AvgIpc) is 2.44. The van der Waals surface area contributed by atoms with Crippen LogP contribution in [0.15, 0.2) is 42.5 Å². The number of ether oxygens (including phenoxy) is 1. The van der Waals surface area contributed by atoms with Crippen LogP contribution in [0, 0.1) is 11.6 Å². The van der Waals surface area contributed by atoms with Crippen LogP contribution < -0.4 is 10.1 Å². The molecule has 0 saturated heterocycles. The molecule has 0 saturated carbocycles. The van der Waals surface area contributed by atoms with Gasteiger partial charge in [0.2, 0.25) is 0 Å². The van der Waals surface area contributed by atoms with E-state index in [0.29, 0.717) is 12.1 Å². The summed E-state index contributed by atoms with van der Waals surface area (Å²) in [5.41, 5.74) is 1.64. The Balaban J connectivity index is 2.02. The second-order valence-corrected chi connectivity index (χ2v) is 4.66. The summed E-state index contributed by atoms with van der Waals surface area (Å²) >= 11 is 0. The molecule has 0 aliphatic carbocycles. The van der Waals surface area contributed by atoms with Gasteiger partial charge in [0.25, 0.3) is 0 Å². The highest BCUT2D eigenvalue weighted by Gasteiger charge is 2.07. The zero-order valence-electron chi connectivity index (χ0n) is 11.5. The summed E-state index contributed by atoms with van der Waals surface area (Å²) in [6.45, 7) is 2.39. The number of halogens is 2. The van der Waals surface area contributed by atoms with E-state index in [0.717, 1.165) is 17.4 Å². The van der Waals surface area contributed by atoms with E-state index < -0.39 is 11.6 Å². The Labute approximate surface area is 117 Å². The van der Waals surface area contributed by atoms with Gasteiger partial charge in [0.1, 0.15) is 17.4 Å². The lowest BCUT2D eigenvalue weighted by molar-refractivity contribution is 0.413. The molecule has 0 aliphatic rings. The van der Waals surface area contributed by atoms with Crippen molar-refractivity contribution in [2.45, 2.75) is 19.5 Å². The maximum absolute atomic E-state index is 13.1. The Morgan fingerprint density at radius 3 is 2.45 bits per heavy atom. The Kier molecular flexibility index (Phi) is 4.69. The Bertz CT molecular complexity index is 566. The minimum absolute atomic E-state index is 0.0522. The predicted octanol–water partition coefficient (Wildman–Crippen LogP) is 3.82. The molecule has 4 heteroatoms. The van der Waals surface area contributed by atoms with E-state index >= 15 is 0 Å². The number of nitrogens with one attached hydrogen (secondary N) is 1. The molecule has 0 amide bonds. The highest BCUT2D eigenvalue weighted by atomic mass is 19.1. The van der Waals surface area contributed by atoms with E-state index in [1.54, 1.807) is 7.11 Å². The molecule has 2 nitrogen and oxygen atoms in total. The number of methoxy groups -OCH3 is 1. The fourth-order valence-corrected chi connectivity index (χ4v) is 2.01. The van der Waals surface area contributed by atoms with Gasteiger partial charge in [0, 0.05) is 18.7 Å². The van der Waals surface area contributed by atoms with E-state index in [2.05, 4.69) is 5.32 Å². The van der Waals surface area contributed by atoms with Crippen molar-refractivity contribution in [3.05, 3.63) is 65.2 Å². The lowest BCUT2D eigenvalue weighted by Crippen LogP contribution is -2.18. The Morgan fingerprint density at radius 2 is 1.80 bits per heavy atom. The van der Waals surface area contributed by atoms with Crippen molar-refractivity contribution in [1.29, 1.82) is 0 Å². The van der Waals surface area contributed by atoms with Crippen LogP contribution in [-0.2, 0) is 6.54 Å². The van der Waals surface area contributed by atoms with Crippen molar-refractivity contribution in [1.82, 2.24) is 5.32 Å². The van der Waals surface area contributed by atoms with Gasteiger partial charge < -0.3 is 10.1 Å². The van der Waals surface area contributed by atoms with Crippen LogP contribution in [0.25, 0.3) is 0 Å². The molecule has 0 aromatic heterocycles. The smallest absolute Gasteiger partial charge is 0.126 e. The molecule has 0 heterocycles. The van der Waals surface area contributed by atoms with Gasteiger partial charge in [0.15, 0.2) is 0 Å². The number of hydrogen-bond donors (Lipinski definition) is 1. The SMILES string of the molecule is COc1cccc([C@@H](C)NCc2cc(F)cc(F)c2)c1. The maximum Gasteiger partial charge on any atom is 0.126 e. The van der Waals surface area contributed by atoms with Crippen LogP contribution in [-0.4, -0.2) is 7.11 Å². The van der Waals surface area contributed by atoms with Crippen LogP contribution >= 0.6 is 0 Å². The number of hydrogen-bond acceptors (Lipinski definition) is 2. The zero-order valence-corrected chi connectivity index (χ0v) is 11.5. The lowest BCUT2D eigenvalue weighted by Gasteiger charge is -2.15. The van der Waals surface area contributed by atoms with Gasteiger partial charge in [-0.05, 0) is 42.3 Å². The first-order valence-corrected chi connectivity index (χ1v) is 6.41. The Hall–Kier alpha value is -1.94. The molecule has 0 aliphatic heterocycles. The molecule has 0 unspecified atom stereocenters. The van der Waals surface area contributed by atoms with Crippen molar-refractivity contribution in [3.63, 3.8) is 0 Å². The summed E-state index contributed by atoms with van der Waals surface area (Å²) < 4.78 is 31.4. The largest absolute Gasteiger partial charge is 0.497 e. The highest BCUT2D eigenvalue weighted by Crippen LogP contribution is 2.19. The van der Waals surface area contributed by atoms with Gasteiger partial charge in [-0.15, -0.1) is 0 Å². The van der Waals surface area contributed by atoms with Gasteiger partial charge in [-0.1, -0.05) is 12.1 Å². The fraction of sp³-hybridized carbons (Fsp3) is 0.250. The second kappa shape index (κ2) is 6.48. The molecule has 0 radical (unpaired) electrons. The normalized spacial score (nSPS) is 12.2. The molecular formula is C16H17F2NO. The average molecular weight is 277 g/mol. The van der Waals surface area contributed by atoms with E-state index in [9.17, 15) is 8.78 Å². The molecule has 0 bridgehead atoms. The lowest BCUT2D eigenvalue weighted by atomic mass is 10.1. The molecule has 2 aromatic carbocycles. The minimum atomic E-state index is -0.559. The van der Waals surface area contributed by atoms with Crippen LogP contribution in [0.1, 0.15) is 24.1 Å². The van der Waals surface area contributed by atoms with Gasteiger partial charge in [-0.2, -0.15) is 0 Å². The van der Waals surface area contributed by atoms with Gasteiger partial charge in [-0.3, -0.25) is 0 Å². The van der Waals surface area contributed by atoms with E-state index in [4.69, 9.17) is 4.74 Å². The van der Waals surface area contributed by atoms with Crippen LogP contribution in [0.3, 0.4) is 0 Å². The molecule has 1 atom stereocenters. The summed E-state index contributed by atoms with van der Waals surface area (Å²) in [6, 6.07) is 11.3. The molecule has 0 fully saturated rings. The highest BCUT2D eigenvalue weighted by molar-refractivity contribution is 5.30. The predicted molar refractivity (Wildman–Crippen MR) is 74.6 cm³/mol. The molecule has 1 N–H and O–H groups in total. The van der Waals surface area contributed by atoms with Crippen LogP contribution in [0.5, 0.6) is 5.75 Å². The quantitative estimate of drug-likeness (QED) is 0.897. The van der Waals surface area contributed by atoms with Gasteiger partial charge in [-0.25, -0.2) is 8.78 Å². The van der Waals surface area contributed by atoms with Crippen LogP contribution in [0.4, 0.5) is 8.78 Å². The first-order chi connectivity index (χ1) is 9.58. The van der Waals surface area contributed by atoms with Crippen molar-refractivity contribution in [2.24, 2.45) is 0 Å². The number of benzene rings is 2. The summed E-state index contributed by atoms with van der Waals surface area (Å²) in [7, 11) is 1.62. The second-order valence-electron chi connectivity index (χ2n) is 4.66. The standard InChI is InChI=1S/C16H17F2NO/c1-11(13-4-3-5-16(8-13)20-2)19-10-12-6-14(17)9-15(18)7-12/h3-9,11,19H,10H2,1-2H3/t11-/m1/s1. The molecule has 106 valence electrons. The summed E-state index contributed by atoms with van der Waals surface area (Å²) in [4.78, 5) is 0. The number of rotatable bonds is 5. The molecule has 0 spiro atoms. The van der Waals surface area contributed by atoms with Gasteiger partial charge in [0.05, 0.1) is 7.11 Å². The molecule has 2 rings (SSSR count). The molecular weight excluding hydrogens is 260 g/mol. The van der Waals surface area contributed by atoms with Crippen LogP contribution in [0.2, 0.25) is 0 Å². The fourth-order valence-electron chi connectivity index (χ4n) is 2.01. The third-order valence-electron chi connectivity index (χ3n) is 3.13. The first kappa shape index (κ1) is 14.5. The third kappa shape index (κ3) is 3.78. The van der Waals surface area contributed by atoms with E-state index in [-0.39, 0.29) is 6.04 Å².